The zero-order chi connectivity index (χ0) is 18.6. The standard InChI is InChI=1S/C20H17N5O2/c1-25(13-16-11-18(24-27-16)15-7-9-21-10-8-15)20(26)19-12-17(22-23-19)14-5-3-2-4-6-14/h2-12H,13H2,1H3,(H,22,23). The topological polar surface area (TPSA) is 87.9 Å². The lowest BCUT2D eigenvalue weighted by Crippen LogP contribution is -2.26. The molecule has 0 fully saturated rings. The Balaban J connectivity index is 1.46. The van der Waals surface area contributed by atoms with E-state index in [1.54, 1.807) is 30.4 Å². The van der Waals surface area contributed by atoms with Crippen molar-refractivity contribution >= 4 is 5.91 Å². The number of hydrogen-bond acceptors (Lipinski definition) is 5. The monoisotopic (exact) mass is 359 g/mol. The zero-order valence-corrected chi connectivity index (χ0v) is 14.7. The minimum absolute atomic E-state index is 0.174. The predicted octanol–water partition coefficient (Wildman–Crippen LogP) is 3.40. The smallest absolute Gasteiger partial charge is 0.272 e. The van der Waals surface area contributed by atoms with Crippen molar-refractivity contribution in [2.75, 3.05) is 7.05 Å². The lowest BCUT2D eigenvalue weighted by molar-refractivity contribution is 0.0766. The lowest BCUT2D eigenvalue weighted by atomic mass is 10.1. The molecule has 0 saturated heterocycles. The van der Waals surface area contributed by atoms with Gasteiger partial charge in [0.25, 0.3) is 5.91 Å². The van der Waals surface area contributed by atoms with Gasteiger partial charge in [0.2, 0.25) is 0 Å². The van der Waals surface area contributed by atoms with Crippen molar-refractivity contribution in [3.63, 3.8) is 0 Å². The number of nitrogens with zero attached hydrogens (tertiary/aromatic N) is 4. The lowest BCUT2D eigenvalue weighted by Gasteiger charge is -2.13. The van der Waals surface area contributed by atoms with E-state index in [4.69, 9.17) is 4.52 Å². The third kappa shape index (κ3) is 3.62. The van der Waals surface area contributed by atoms with Crippen LogP contribution in [0.25, 0.3) is 22.5 Å². The van der Waals surface area contributed by atoms with E-state index in [1.807, 2.05) is 48.5 Å². The number of pyridine rings is 1. The fourth-order valence-corrected chi connectivity index (χ4v) is 2.75. The van der Waals surface area contributed by atoms with E-state index < -0.39 is 0 Å². The van der Waals surface area contributed by atoms with Crippen molar-refractivity contribution in [3.8, 4) is 22.5 Å². The number of nitrogens with one attached hydrogen (secondary N) is 1. The Hall–Kier alpha value is -3.74. The van der Waals surface area contributed by atoms with E-state index in [9.17, 15) is 4.79 Å². The molecule has 1 aromatic carbocycles. The van der Waals surface area contributed by atoms with Crippen LogP contribution in [-0.2, 0) is 6.54 Å². The molecular formula is C20H17N5O2. The average Bonchev–Trinajstić information content (AvgIpc) is 3.39. The van der Waals surface area contributed by atoms with Crippen LogP contribution in [0.1, 0.15) is 16.2 Å². The fourth-order valence-electron chi connectivity index (χ4n) is 2.75. The molecule has 27 heavy (non-hydrogen) atoms. The zero-order valence-electron chi connectivity index (χ0n) is 14.7. The highest BCUT2D eigenvalue weighted by molar-refractivity contribution is 5.93. The number of rotatable bonds is 5. The van der Waals surface area contributed by atoms with Gasteiger partial charge in [-0.05, 0) is 18.2 Å². The molecule has 4 aromatic rings. The Labute approximate surface area is 155 Å². The highest BCUT2D eigenvalue weighted by Gasteiger charge is 2.17. The number of aromatic nitrogens is 4. The first kappa shape index (κ1) is 16.7. The van der Waals surface area contributed by atoms with E-state index in [0.717, 1.165) is 16.8 Å². The molecule has 1 N–H and O–H groups in total. The fraction of sp³-hybridized carbons (Fsp3) is 0.100. The van der Waals surface area contributed by atoms with Gasteiger partial charge in [0.1, 0.15) is 11.4 Å². The number of H-pyrrole nitrogens is 1. The molecule has 1 amide bonds. The highest BCUT2D eigenvalue weighted by Crippen LogP contribution is 2.20. The van der Waals surface area contributed by atoms with Crippen LogP contribution in [-0.4, -0.2) is 38.2 Å². The second-order valence-corrected chi connectivity index (χ2v) is 6.11. The number of carbonyl (C=O) groups excluding carboxylic acids is 1. The summed E-state index contributed by atoms with van der Waals surface area (Å²) >= 11 is 0. The second-order valence-electron chi connectivity index (χ2n) is 6.11. The summed E-state index contributed by atoms with van der Waals surface area (Å²) in [5, 5.41) is 11.1. The summed E-state index contributed by atoms with van der Waals surface area (Å²) < 4.78 is 5.36. The Kier molecular flexibility index (Phi) is 4.49. The van der Waals surface area contributed by atoms with Crippen molar-refractivity contribution in [2.45, 2.75) is 6.54 Å². The van der Waals surface area contributed by atoms with E-state index in [0.29, 0.717) is 23.7 Å². The second kappa shape index (κ2) is 7.25. The maximum absolute atomic E-state index is 12.7. The van der Waals surface area contributed by atoms with Gasteiger partial charge in [-0.15, -0.1) is 0 Å². The van der Waals surface area contributed by atoms with E-state index in [2.05, 4.69) is 20.3 Å². The number of hydrogen-bond donors (Lipinski definition) is 1. The molecule has 3 aromatic heterocycles. The van der Waals surface area contributed by atoms with Crippen molar-refractivity contribution < 1.29 is 9.32 Å². The first-order chi connectivity index (χ1) is 13.2. The summed E-state index contributed by atoms with van der Waals surface area (Å²) in [5.74, 6) is 0.423. The van der Waals surface area contributed by atoms with Gasteiger partial charge in [-0.25, -0.2) is 0 Å². The van der Waals surface area contributed by atoms with Crippen LogP contribution in [0.15, 0.2) is 71.5 Å². The third-order valence-corrected chi connectivity index (χ3v) is 4.15. The predicted molar refractivity (Wildman–Crippen MR) is 99.6 cm³/mol. The normalized spacial score (nSPS) is 10.7. The largest absolute Gasteiger partial charge is 0.359 e. The Morgan fingerprint density at radius 1 is 1.04 bits per heavy atom. The van der Waals surface area contributed by atoms with Gasteiger partial charge in [-0.1, -0.05) is 35.5 Å². The van der Waals surface area contributed by atoms with Crippen LogP contribution in [0.4, 0.5) is 0 Å². The van der Waals surface area contributed by atoms with Gasteiger partial charge in [0, 0.05) is 36.6 Å². The molecule has 0 atom stereocenters. The van der Waals surface area contributed by atoms with Crippen LogP contribution in [0.5, 0.6) is 0 Å². The Morgan fingerprint density at radius 3 is 2.56 bits per heavy atom. The SMILES string of the molecule is CN(Cc1cc(-c2ccncc2)no1)C(=O)c1cc(-c2ccccc2)n[nH]1. The van der Waals surface area contributed by atoms with Crippen molar-refractivity contribution in [2.24, 2.45) is 0 Å². The van der Waals surface area contributed by atoms with Crippen molar-refractivity contribution in [1.29, 1.82) is 0 Å². The summed E-state index contributed by atoms with van der Waals surface area (Å²) in [6, 6.07) is 17.0. The minimum Gasteiger partial charge on any atom is -0.359 e. The first-order valence-corrected chi connectivity index (χ1v) is 8.43. The first-order valence-electron chi connectivity index (χ1n) is 8.43. The number of amides is 1. The van der Waals surface area contributed by atoms with Crippen LogP contribution < -0.4 is 0 Å². The van der Waals surface area contributed by atoms with E-state index in [1.165, 1.54) is 0 Å². The molecule has 3 heterocycles. The molecule has 0 radical (unpaired) electrons. The van der Waals surface area contributed by atoms with E-state index >= 15 is 0 Å². The highest BCUT2D eigenvalue weighted by atomic mass is 16.5. The molecule has 0 aliphatic rings. The summed E-state index contributed by atoms with van der Waals surface area (Å²) in [7, 11) is 1.71. The number of carbonyl (C=O) groups is 1. The van der Waals surface area contributed by atoms with Crippen molar-refractivity contribution in [1.82, 2.24) is 25.2 Å². The summed E-state index contributed by atoms with van der Waals surface area (Å²) in [4.78, 5) is 18.2. The number of aromatic amines is 1. The molecule has 7 nitrogen and oxygen atoms in total. The van der Waals surface area contributed by atoms with Crippen molar-refractivity contribution in [3.05, 3.63) is 78.4 Å². The van der Waals surface area contributed by atoms with Crippen LogP contribution in [0, 0.1) is 0 Å². The summed E-state index contributed by atoms with van der Waals surface area (Å²) in [6.45, 7) is 0.302. The molecule has 4 rings (SSSR count). The molecule has 0 bridgehead atoms. The Bertz CT molecular complexity index is 1040. The van der Waals surface area contributed by atoms with E-state index in [-0.39, 0.29) is 5.91 Å². The molecule has 0 saturated carbocycles. The molecule has 0 aliphatic carbocycles. The van der Waals surface area contributed by atoms with Crippen LogP contribution >= 0.6 is 0 Å². The quantitative estimate of drug-likeness (QED) is 0.590. The van der Waals surface area contributed by atoms with Gasteiger partial charge in [0.05, 0.1) is 12.2 Å². The molecule has 0 aliphatic heterocycles. The van der Waals surface area contributed by atoms with Gasteiger partial charge >= 0.3 is 0 Å². The maximum Gasteiger partial charge on any atom is 0.272 e. The van der Waals surface area contributed by atoms with Gasteiger partial charge < -0.3 is 9.42 Å². The average molecular weight is 359 g/mol. The molecule has 0 unspecified atom stereocenters. The summed E-state index contributed by atoms with van der Waals surface area (Å²) in [5.41, 5.74) is 3.72. The Morgan fingerprint density at radius 2 is 1.78 bits per heavy atom. The van der Waals surface area contributed by atoms with Gasteiger partial charge in [-0.3, -0.25) is 14.9 Å². The minimum atomic E-state index is -0.174. The van der Waals surface area contributed by atoms with Crippen LogP contribution in [0.3, 0.4) is 0 Å². The maximum atomic E-state index is 12.7. The molecule has 7 heteroatoms. The molecular weight excluding hydrogens is 342 g/mol. The van der Waals surface area contributed by atoms with Gasteiger partial charge in [0.15, 0.2) is 5.76 Å². The van der Waals surface area contributed by atoms with Gasteiger partial charge in [-0.2, -0.15) is 5.10 Å². The number of benzene rings is 1. The molecule has 0 spiro atoms. The van der Waals surface area contributed by atoms with Crippen LogP contribution in [0.2, 0.25) is 0 Å². The third-order valence-electron chi connectivity index (χ3n) is 4.15. The summed E-state index contributed by atoms with van der Waals surface area (Å²) in [6.07, 6.45) is 3.39. The molecule has 134 valence electrons.